The van der Waals surface area contributed by atoms with Crippen LogP contribution in [0.15, 0.2) is 36.4 Å². The van der Waals surface area contributed by atoms with Gasteiger partial charge in [0.15, 0.2) is 5.78 Å². The zero-order valence-corrected chi connectivity index (χ0v) is 17.4. The molecule has 0 saturated heterocycles. The average molecular weight is 386 g/mol. The van der Waals surface area contributed by atoms with Gasteiger partial charge in [0, 0.05) is 22.6 Å². The van der Waals surface area contributed by atoms with Crippen molar-refractivity contribution in [1.29, 1.82) is 0 Å². The number of benzene rings is 2. The van der Waals surface area contributed by atoms with Crippen LogP contribution in [-0.4, -0.2) is 24.6 Å². The largest absolute Gasteiger partial charge is 0.496 e. The lowest BCUT2D eigenvalue weighted by atomic mass is 9.98. The predicted molar refractivity (Wildman–Crippen MR) is 113 cm³/mol. The first-order chi connectivity index (χ1) is 12.8. The molecular weight excluding hydrogens is 358 g/mol. The second-order valence-corrected chi connectivity index (χ2v) is 7.80. The van der Waals surface area contributed by atoms with Crippen molar-refractivity contribution < 1.29 is 14.3 Å². The molecule has 0 saturated carbocycles. The Morgan fingerprint density at radius 3 is 2.56 bits per heavy atom. The molecule has 144 valence electrons. The number of ether oxygens (including phenoxy) is 1. The Bertz CT molecular complexity index is 830. The zero-order valence-electron chi connectivity index (χ0n) is 16.6. The summed E-state index contributed by atoms with van der Waals surface area (Å²) >= 11 is 1.50. The van der Waals surface area contributed by atoms with Crippen LogP contribution >= 0.6 is 11.8 Å². The van der Waals surface area contributed by atoms with Crippen LogP contribution < -0.4 is 10.1 Å². The highest BCUT2D eigenvalue weighted by Crippen LogP contribution is 2.28. The monoisotopic (exact) mass is 385 g/mol. The fourth-order valence-corrected chi connectivity index (χ4v) is 3.69. The van der Waals surface area contributed by atoms with Gasteiger partial charge in [0.1, 0.15) is 5.75 Å². The molecule has 0 atom stereocenters. The minimum atomic E-state index is -0.0297. The van der Waals surface area contributed by atoms with Gasteiger partial charge in [-0.25, -0.2) is 0 Å². The third-order valence-corrected chi connectivity index (χ3v) is 5.35. The highest BCUT2D eigenvalue weighted by molar-refractivity contribution is 7.99. The maximum absolute atomic E-state index is 12.4. The molecule has 0 unspecified atom stereocenters. The molecule has 0 spiro atoms. The molecule has 0 aliphatic carbocycles. The van der Waals surface area contributed by atoms with Gasteiger partial charge in [-0.1, -0.05) is 32.0 Å². The third kappa shape index (κ3) is 5.60. The summed E-state index contributed by atoms with van der Waals surface area (Å²) in [4.78, 5) is 24.0. The Kier molecular flexibility index (Phi) is 7.48. The number of methoxy groups -OCH3 is 1. The van der Waals surface area contributed by atoms with E-state index in [1.165, 1.54) is 11.8 Å². The van der Waals surface area contributed by atoms with Crippen molar-refractivity contribution in [3.63, 3.8) is 0 Å². The Morgan fingerprint density at radius 1 is 1.19 bits per heavy atom. The number of amides is 1. The van der Waals surface area contributed by atoms with Gasteiger partial charge >= 0.3 is 0 Å². The smallest absolute Gasteiger partial charge is 0.234 e. The van der Waals surface area contributed by atoms with Crippen LogP contribution in [0.25, 0.3) is 0 Å². The average Bonchev–Trinajstić information content (AvgIpc) is 2.63. The van der Waals surface area contributed by atoms with E-state index in [9.17, 15) is 9.59 Å². The first kappa shape index (κ1) is 21.0. The molecule has 0 heterocycles. The molecule has 1 amide bonds. The van der Waals surface area contributed by atoms with Crippen LogP contribution in [-0.2, 0) is 10.5 Å². The number of hydrogen-bond acceptors (Lipinski definition) is 4. The van der Waals surface area contributed by atoms with E-state index >= 15 is 0 Å². The van der Waals surface area contributed by atoms with Gasteiger partial charge in [0.25, 0.3) is 0 Å². The van der Waals surface area contributed by atoms with Crippen LogP contribution in [0.4, 0.5) is 5.69 Å². The lowest BCUT2D eigenvalue weighted by Crippen LogP contribution is -2.16. The van der Waals surface area contributed by atoms with Gasteiger partial charge in [0.2, 0.25) is 5.91 Å². The van der Waals surface area contributed by atoms with Crippen molar-refractivity contribution in [3.05, 3.63) is 58.7 Å². The van der Waals surface area contributed by atoms with Crippen LogP contribution in [0.5, 0.6) is 5.75 Å². The highest BCUT2D eigenvalue weighted by Gasteiger charge is 2.13. The summed E-state index contributed by atoms with van der Waals surface area (Å²) in [5.74, 6) is 1.99. The summed E-state index contributed by atoms with van der Waals surface area (Å²) in [5.41, 5.74) is 4.69. The minimum absolute atomic E-state index is 0.0161. The van der Waals surface area contributed by atoms with Gasteiger partial charge in [-0.3, -0.25) is 9.59 Å². The molecule has 0 aromatic heterocycles. The molecule has 0 radical (unpaired) electrons. The molecule has 0 bridgehead atoms. The summed E-state index contributed by atoms with van der Waals surface area (Å²) in [6, 6.07) is 11.5. The number of ketones is 1. The van der Waals surface area contributed by atoms with E-state index < -0.39 is 0 Å². The number of rotatable bonds is 8. The number of aryl methyl sites for hydroxylation is 1. The van der Waals surface area contributed by atoms with Crippen LogP contribution in [0.2, 0.25) is 0 Å². The number of carbonyl (C=O) groups excluding carboxylic acids is 2. The fourth-order valence-electron chi connectivity index (χ4n) is 2.88. The van der Waals surface area contributed by atoms with Crippen molar-refractivity contribution in [2.24, 2.45) is 0 Å². The Morgan fingerprint density at radius 2 is 1.93 bits per heavy atom. The number of nitrogens with one attached hydrogen (secondary N) is 1. The van der Waals surface area contributed by atoms with E-state index in [1.807, 2.05) is 25.1 Å². The third-order valence-electron chi connectivity index (χ3n) is 4.37. The molecule has 1 N–H and O–H groups in total. The van der Waals surface area contributed by atoms with E-state index in [-0.39, 0.29) is 11.7 Å². The number of anilines is 1. The van der Waals surface area contributed by atoms with Crippen molar-refractivity contribution >= 4 is 29.1 Å². The molecule has 2 rings (SSSR count). The summed E-state index contributed by atoms with van der Waals surface area (Å²) in [6.45, 7) is 7.79. The second-order valence-electron chi connectivity index (χ2n) is 6.82. The Labute approximate surface area is 165 Å². The standard InChI is InChI=1S/C22H27NO3S/c1-14(2)19-8-6-7-15(3)22(19)23-21(25)13-27-12-18-11-17(16(4)24)9-10-20(18)26-5/h6-11,14H,12-13H2,1-5H3,(H,23,25). The summed E-state index contributed by atoms with van der Waals surface area (Å²) in [5, 5.41) is 3.06. The van der Waals surface area contributed by atoms with Gasteiger partial charge in [-0.2, -0.15) is 0 Å². The minimum Gasteiger partial charge on any atom is -0.496 e. The molecule has 2 aromatic carbocycles. The first-order valence-electron chi connectivity index (χ1n) is 8.98. The van der Waals surface area contributed by atoms with E-state index in [0.29, 0.717) is 23.0 Å². The second kappa shape index (κ2) is 9.60. The van der Waals surface area contributed by atoms with Gasteiger partial charge in [-0.05, 0) is 49.1 Å². The van der Waals surface area contributed by atoms with Crippen molar-refractivity contribution in [2.45, 2.75) is 39.4 Å². The molecule has 0 aliphatic rings. The normalized spacial score (nSPS) is 10.7. The molecule has 4 nitrogen and oxygen atoms in total. The molecule has 27 heavy (non-hydrogen) atoms. The number of Topliss-reactive ketones (excluding diaryl/α,β-unsaturated/α-hetero) is 1. The lowest BCUT2D eigenvalue weighted by Gasteiger charge is -2.16. The van der Waals surface area contributed by atoms with Crippen molar-refractivity contribution in [2.75, 3.05) is 18.2 Å². The molecule has 0 aliphatic heterocycles. The maximum Gasteiger partial charge on any atom is 0.234 e. The number of carbonyl (C=O) groups is 2. The van der Waals surface area contributed by atoms with E-state index in [1.54, 1.807) is 26.2 Å². The highest BCUT2D eigenvalue weighted by atomic mass is 32.2. The Balaban J connectivity index is 2.02. The topological polar surface area (TPSA) is 55.4 Å². The summed E-state index contributed by atoms with van der Waals surface area (Å²) < 4.78 is 5.37. The van der Waals surface area contributed by atoms with Gasteiger partial charge in [-0.15, -0.1) is 11.8 Å². The molecule has 0 fully saturated rings. The van der Waals surface area contributed by atoms with Crippen LogP contribution in [0.1, 0.15) is 53.7 Å². The fraction of sp³-hybridized carbons (Fsp3) is 0.364. The molecule has 2 aromatic rings. The van der Waals surface area contributed by atoms with E-state index in [4.69, 9.17) is 4.74 Å². The molecule has 5 heteroatoms. The maximum atomic E-state index is 12.4. The van der Waals surface area contributed by atoms with E-state index in [0.717, 1.165) is 28.1 Å². The Hall–Kier alpha value is -2.27. The van der Waals surface area contributed by atoms with Crippen LogP contribution in [0, 0.1) is 6.92 Å². The lowest BCUT2D eigenvalue weighted by molar-refractivity contribution is -0.113. The number of hydrogen-bond donors (Lipinski definition) is 1. The van der Waals surface area contributed by atoms with Gasteiger partial charge < -0.3 is 10.1 Å². The van der Waals surface area contributed by atoms with Crippen LogP contribution in [0.3, 0.4) is 0 Å². The zero-order chi connectivity index (χ0) is 20.0. The van der Waals surface area contributed by atoms with Crippen molar-refractivity contribution in [1.82, 2.24) is 0 Å². The van der Waals surface area contributed by atoms with Crippen molar-refractivity contribution in [3.8, 4) is 5.75 Å². The quantitative estimate of drug-likeness (QED) is 0.635. The number of thioether (sulfide) groups is 1. The summed E-state index contributed by atoms with van der Waals surface area (Å²) in [7, 11) is 1.61. The predicted octanol–water partition coefficient (Wildman–Crippen LogP) is 5.20. The summed E-state index contributed by atoms with van der Waals surface area (Å²) in [6.07, 6.45) is 0. The van der Waals surface area contributed by atoms with Gasteiger partial charge in [0.05, 0.1) is 12.9 Å². The number of para-hydroxylation sites is 1. The first-order valence-corrected chi connectivity index (χ1v) is 10.1. The van der Waals surface area contributed by atoms with E-state index in [2.05, 4.69) is 25.2 Å². The molecular formula is C22H27NO3S. The SMILES string of the molecule is COc1ccc(C(C)=O)cc1CSCC(=O)Nc1c(C)cccc1C(C)C.